The fraction of sp³-hybridized carbons (Fsp3) is 0.143. The monoisotopic (exact) mass is 271 g/mol. The average molecular weight is 271 g/mol. The van der Waals surface area contributed by atoms with Crippen molar-refractivity contribution in [2.24, 2.45) is 0 Å². The van der Waals surface area contributed by atoms with Crippen LogP contribution in [0.3, 0.4) is 0 Å². The highest BCUT2D eigenvalue weighted by Crippen LogP contribution is 2.14. The zero-order valence-corrected chi connectivity index (χ0v) is 11.1. The first-order chi connectivity index (χ1) is 9.25. The minimum absolute atomic E-state index is 0.0350. The van der Waals surface area contributed by atoms with Crippen LogP contribution in [-0.2, 0) is 13.0 Å². The molecule has 0 bridgehead atoms. The predicted octanol–water partition coefficient (Wildman–Crippen LogP) is 2.28. The third-order valence-electron chi connectivity index (χ3n) is 3.08. The summed E-state index contributed by atoms with van der Waals surface area (Å²) in [5, 5.41) is 4.53. The average Bonchev–Trinajstić information content (AvgIpc) is 2.92. The van der Waals surface area contributed by atoms with Gasteiger partial charge in [-0.25, -0.2) is 4.98 Å². The van der Waals surface area contributed by atoms with E-state index in [1.807, 2.05) is 35.7 Å². The Balaban J connectivity index is 2.01. The molecule has 0 aliphatic carbocycles. The minimum Gasteiger partial charge on any atom is -0.385 e. The fourth-order valence-corrected chi connectivity index (χ4v) is 2.74. The quantitative estimate of drug-likeness (QED) is 0.795. The molecule has 0 aliphatic rings. The molecule has 0 atom stereocenters. The molecular weight excluding hydrogens is 258 g/mol. The van der Waals surface area contributed by atoms with E-state index in [2.05, 4.69) is 4.98 Å². The van der Waals surface area contributed by atoms with Crippen molar-refractivity contribution in [1.29, 1.82) is 0 Å². The topological polar surface area (TPSA) is 60.9 Å². The Morgan fingerprint density at radius 3 is 2.95 bits per heavy atom. The molecule has 0 amide bonds. The van der Waals surface area contributed by atoms with Gasteiger partial charge in [-0.1, -0.05) is 18.2 Å². The van der Waals surface area contributed by atoms with Crippen LogP contribution < -0.4 is 11.3 Å². The summed E-state index contributed by atoms with van der Waals surface area (Å²) in [4.78, 5) is 16.6. The molecule has 2 heterocycles. The molecule has 19 heavy (non-hydrogen) atoms. The lowest BCUT2D eigenvalue weighted by Gasteiger charge is -2.10. The van der Waals surface area contributed by atoms with Gasteiger partial charge >= 0.3 is 0 Å². The van der Waals surface area contributed by atoms with E-state index in [4.69, 9.17) is 5.73 Å². The number of hydrogen-bond donors (Lipinski definition) is 1. The number of benzene rings is 1. The highest BCUT2D eigenvalue weighted by molar-refractivity contribution is 7.09. The second-order valence-electron chi connectivity index (χ2n) is 4.29. The molecule has 2 aromatic heterocycles. The van der Waals surface area contributed by atoms with Crippen molar-refractivity contribution < 1.29 is 0 Å². The Morgan fingerprint density at radius 2 is 2.16 bits per heavy atom. The van der Waals surface area contributed by atoms with Crippen LogP contribution in [0, 0.1) is 0 Å². The van der Waals surface area contributed by atoms with Crippen molar-refractivity contribution in [2.75, 3.05) is 5.73 Å². The SMILES string of the molecule is Nc1cc2ccccc2c(=O)n1CCc1nccs1. The predicted molar refractivity (Wildman–Crippen MR) is 78.4 cm³/mol. The number of nitrogens with zero attached hydrogens (tertiary/aromatic N) is 2. The van der Waals surface area contributed by atoms with Crippen LogP contribution in [0.25, 0.3) is 10.8 Å². The van der Waals surface area contributed by atoms with Gasteiger partial charge in [-0.15, -0.1) is 11.3 Å². The van der Waals surface area contributed by atoms with E-state index in [1.165, 1.54) is 0 Å². The molecule has 0 spiro atoms. The van der Waals surface area contributed by atoms with E-state index in [0.717, 1.165) is 16.8 Å². The standard InChI is InChI=1S/C14H13N3OS/c15-12-9-10-3-1-2-4-11(10)14(18)17(12)7-5-13-16-6-8-19-13/h1-4,6,8-9H,5,7,15H2. The van der Waals surface area contributed by atoms with E-state index >= 15 is 0 Å². The van der Waals surface area contributed by atoms with E-state index in [1.54, 1.807) is 22.1 Å². The number of thiazole rings is 1. The summed E-state index contributed by atoms with van der Waals surface area (Å²) in [7, 11) is 0. The molecule has 1 aromatic carbocycles. The molecule has 0 fully saturated rings. The number of aryl methyl sites for hydroxylation is 1. The van der Waals surface area contributed by atoms with Gasteiger partial charge in [0.2, 0.25) is 0 Å². The van der Waals surface area contributed by atoms with E-state index in [9.17, 15) is 4.79 Å². The largest absolute Gasteiger partial charge is 0.385 e. The molecular formula is C14H13N3OS. The molecule has 4 nitrogen and oxygen atoms in total. The second-order valence-corrected chi connectivity index (χ2v) is 5.27. The Morgan fingerprint density at radius 1 is 1.32 bits per heavy atom. The van der Waals surface area contributed by atoms with Gasteiger partial charge in [-0.2, -0.15) is 0 Å². The number of anilines is 1. The maximum absolute atomic E-state index is 12.4. The van der Waals surface area contributed by atoms with Crippen LogP contribution in [0.5, 0.6) is 0 Å². The lowest BCUT2D eigenvalue weighted by molar-refractivity contribution is 0.682. The van der Waals surface area contributed by atoms with Crippen molar-refractivity contribution in [3.63, 3.8) is 0 Å². The summed E-state index contributed by atoms with van der Waals surface area (Å²) in [5.41, 5.74) is 5.94. The first-order valence-corrected chi connectivity index (χ1v) is 6.90. The summed E-state index contributed by atoms with van der Waals surface area (Å²) in [6, 6.07) is 9.35. The van der Waals surface area contributed by atoms with Crippen LogP contribution in [0.15, 0.2) is 46.7 Å². The van der Waals surface area contributed by atoms with Crippen molar-refractivity contribution in [2.45, 2.75) is 13.0 Å². The van der Waals surface area contributed by atoms with Gasteiger partial charge in [0.05, 0.1) is 5.01 Å². The van der Waals surface area contributed by atoms with E-state index in [0.29, 0.717) is 17.7 Å². The molecule has 2 N–H and O–H groups in total. The third-order valence-corrected chi connectivity index (χ3v) is 3.92. The van der Waals surface area contributed by atoms with E-state index < -0.39 is 0 Å². The molecule has 0 radical (unpaired) electrons. The Bertz CT molecular complexity index is 762. The number of rotatable bonds is 3. The maximum Gasteiger partial charge on any atom is 0.259 e. The van der Waals surface area contributed by atoms with Gasteiger partial charge < -0.3 is 5.73 Å². The molecule has 0 saturated heterocycles. The highest BCUT2D eigenvalue weighted by Gasteiger charge is 2.07. The van der Waals surface area contributed by atoms with Crippen molar-refractivity contribution >= 4 is 27.9 Å². The first-order valence-electron chi connectivity index (χ1n) is 6.02. The van der Waals surface area contributed by atoms with Crippen LogP contribution in [0.4, 0.5) is 5.82 Å². The smallest absolute Gasteiger partial charge is 0.259 e. The molecule has 0 saturated carbocycles. The van der Waals surface area contributed by atoms with Crippen LogP contribution in [-0.4, -0.2) is 9.55 Å². The van der Waals surface area contributed by atoms with Gasteiger partial charge in [0.25, 0.3) is 5.56 Å². The lowest BCUT2D eigenvalue weighted by Crippen LogP contribution is -2.23. The summed E-state index contributed by atoms with van der Waals surface area (Å²) >= 11 is 1.59. The minimum atomic E-state index is -0.0350. The number of nitrogen functional groups attached to an aromatic ring is 1. The maximum atomic E-state index is 12.4. The van der Waals surface area contributed by atoms with Crippen LogP contribution >= 0.6 is 11.3 Å². The molecule has 5 heteroatoms. The van der Waals surface area contributed by atoms with Gasteiger partial charge in [0.1, 0.15) is 5.82 Å². The lowest BCUT2D eigenvalue weighted by atomic mass is 10.1. The summed E-state index contributed by atoms with van der Waals surface area (Å²) < 4.78 is 1.61. The molecule has 0 unspecified atom stereocenters. The number of pyridine rings is 1. The normalized spacial score (nSPS) is 10.9. The Hall–Kier alpha value is -2.14. The number of fused-ring (bicyclic) bond motifs is 1. The van der Waals surface area contributed by atoms with Crippen molar-refractivity contribution in [3.05, 3.63) is 57.3 Å². The van der Waals surface area contributed by atoms with Gasteiger partial charge in [-0.05, 0) is 17.5 Å². The van der Waals surface area contributed by atoms with Crippen LogP contribution in [0.2, 0.25) is 0 Å². The van der Waals surface area contributed by atoms with Crippen molar-refractivity contribution in [1.82, 2.24) is 9.55 Å². The van der Waals surface area contributed by atoms with E-state index in [-0.39, 0.29) is 5.56 Å². The third kappa shape index (κ3) is 2.24. The fourth-order valence-electron chi connectivity index (χ4n) is 2.13. The zero-order valence-electron chi connectivity index (χ0n) is 10.2. The number of nitrogens with two attached hydrogens (primary N) is 1. The van der Waals surface area contributed by atoms with Crippen LogP contribution in [0.1, 0.15) is 5.01 Å². The molecule has 96 valence electrons. The summed E-state index contributed by atoms with van der Waals surface area (Å²) in [6.45, 7) is 0.559. The second kappa shape index (κ2) is 4.85. The first kappa shape index (κ1) is 11.9. The zero-order chi connectivity index (χ0) is 13.2. The highest BCUT2D eigenvalue weighted by atomic mass is 32.1. The van der Waals surface area contributed by atoms with Gasteiger partial charge in [0, 0.05) is 29.9 Å². The Labute approximate surface area is 114 Å². The summed E-state index contributed by atoms with van der Waals surface area (Å²) in [6.07, 6.45) is 2.49. The molecule has 3 aromatic rings. The van der Waals surface area contributed by atoms with Gasteiger partial charge in [-0.3, -0.25) is 9.36 Å². The summed E-state index contributed by atoms with van der Waals surface area (Å²) in [5.74, 6) is 0.500. The molecule has 3 rings (SSSR count). The number of aromatic nitrogens is 2. The number of hydrogen-bond acceptors (Lipinski definition) is 4. The molecule has 0 aliphatic heterocycles. The van der Waals surface area contributed by atoms with Gasteiger partial charge in [0.15, 0.2) is 0 Å². The van der Waals surface area contributed by atoms with Crippen molar-refractivity contribution in [3.8, 4) is 0 Å². The Kier molecular flexibility index (Phi) is 3.05.